The Morgan fingerprint density at radius 1 is 0.917 bits per heavy atom. The van der Waals surface area contributed by atoms with Gasteiger partial charge >= 0.3 is 6.03 Å². The number of nitrogens with one attached hydrogen (secondary N) is 3. The second-order valence-corrected chi connectivity index (χ2v) is 17.5. The van der Waals surface area contributed by atoms with Crippen LogP contribution < -0.4 is 40.2 Å². The number of anilines is 5. The minimum atomic E-state index is -3.72. The van der Waals surface area contributed by atoms with Crippen LogP contribution in [0.3, 0.4) is 0 Å². The number of hydrogen-bond donors (Lipinski definition) is 4. The highest BCUT2D eigenvalue weighted by atomic mass is 32.2. The summed E-state index contributed by atoms with van der Waals surface area (Å²) in [6, 6.07) is 22.1. The average Bonchev–Trinajstić information content (AvgIpc) is 3.17. The van der Waals surface area contributed by atoms with Crippen LogP contribution in [0.2, 0.25) is 0 Å². The highest BCUT2D eigenvalue weighted by Gasteiger charge is 2.29. The van der Waals surface area contributed by atoms with Crippen molar-refractivity contribution in [1.29, 1.82) is 0 Å². The highest BCUT2D eigenvalue weighted by Crippen LogP contribution is 2.46. The molecule has 1 fully saturated rings. The number of aromatic nitrogens is 1. The lowest BCUT2D eigenvalue weighted by Gasteiger charge is -2.35. The third-order valence-electron chi connectivity index (χ3n) is 9.88. The molecule has 318 valence electrons. The van der Waals surface area contributed by atoms with E-state index in [0.717, 1.165) is 31.5 Å². The van der Waals surface area contributed by atoms with Gasteiger partial charge in [-0.3, -0.25) is 19.3 Å². The van der Waals surface area contributed by atoms with E-state index in [9.17, 15) is 18.0 Å². The molecule has 5 N–H and O–H groups in total. The predicted octanol–water partition coefficient (Wildman–Crippen LogP) is 7.51. The molecule has 0 saturated carbocycles. The summed E-state index contributed by atoms with van der Waals surface area (Å²) < 4.78 is 51.0. The molecule has 0 aliphatic carbocycles. The first kappa shape index (κ1) is 43.5. The van der Waals surface area contributed by atoms with Crippen LogP contribution in [0, 0.1) is 0 Å². The van der Waals surface area contributed by atoms with Crippen molar-refractivity contribution in [1.82, 2.24) is 15.2 Å². The van der Waals surface area contributed by atoms with Crippen molar-refractivity contribution in [2.24, 2.45) is 5.73 Å². The number of nitrogens with two attached hydrogens (primary N) is 1. The summed E-state index contributed by atoms with van der Waals surface area (Å²) in [6.07, 6.45) is 2.95. The maximum atomic E-state index is 13.4. The molecule has 2 atom stereocenters. The van der Waals surface area contributed by atoms with E-state index in [1.165, 1.54) is 19.1 Å². The number of morpholine rings is 1. The number of benzene rings is 4. The molecule has 0 radical (unpaired) electrons. The van der Waals surface area contributed by atoms with Gasteiger partial charge in [0, 0.05) is 61.0 Å². The van der Waals surface area contributed by atoms with E-state index in [2.05, 4.69) is 39.1 Å². The molecule has 3 amide bonds. The fraction of sp³-hybridized carbons (Fsp3) is 0.341. The molecule has 0 bridgehead atoms. The summed E-state index contributed by atoms with van der Waals surface area (Å²) in [5.74, 6) is 1.73. The number of carbonyl (C=O) groups is 2. The van der Waals surface area contributed by atoms with Crippen molar-refractivity contribution in [2.75, 3.05) is 61.6 Å². The normalized spacial score (nSPS) is 15.9. The van der Waals surface area contributed by atoms with Crippen molar-refractivity contribution in [3.63, 3.8) is 0 Å². The van der Waals surface area contributed by atoms with Crippen molar-refractivity contribution in [3.8, 4) is 23.0 Å². The van der Waals surface area contributed by atoms with E-state index in [4.69, 9.17) is 24.7 Å². The molecule has 1 saturated heterocycles. The first-order valence-electron chi connectivity index (χ1n) is 19.5. The number of carbonyl (C=O) groups excluding carboxylic acids is 2. The van der Waals surface area contributed by atoms with Crippen LogP contribution in [0.1, 0.15) is 50.5 Å². The Labute approximate surface area is 351 Å². The smallest absolute Gasteiger partial charge is 0.324 e. The van der Waals surface area contributed by atoms with Gasteiger partial charge in [-0.05, 0) is 67.3 Å². The first-order valence-corrected chi connectivity index (χ1v) is 21.4. The van der Waals surface area contributed by atoms with Crippen LogP contribution >= 0.6 is 0 Å². The average molecular weight is 840 g/mol. The molecular formula is C44H53N7O8S. The summed E-state index contributed by atoms with van der Waals surface area (Å²) in [4.78, 5) is 34.6. The number of sulfonamides is 1. The minimum absolute atomic E-state index is 0.118. The van der Waals surface area contributed by atoms with Crippen LogP contribution in [0.4, 0.5) is 33.4 Å². The quantitative estimate of drug-likeness (QED) is 0.0867. The lowest BCUT2D eigenvalue weighted by Crippen LogP contribution is -2.47. The number of rotatable bonds is 14. The molecule has 60 heavy (non-hydrogen) atoms. The minimum Gasteiger partial charge on any atom is -0.496 e. The van der Waals surface area contributed by atoms with E-state index in [1.54, 1.807) is 60.8 Å². The molecule has 1 aliphatic rings. The van der Waals surface area contributed by atoms with Crippen LogP contribution in [0.15, 0.2) is 85.1 Å². The van der Waals surface area contributed by atoms with Crippen molar-refractivity contribution in [3.05, 3.63) is 96.2 Å². The molecule has 15 nitrogen and oxygen atoms in total. The maximum Gasteiger partial charge on any atom is 0.324 e. The molecule has 5 aromatic rings. The van der Waals surface area contributed by atoms with Crippen molar-refractivity contribution < 1.29 is 37.0 Å². The molecule has 0 unspecified atom stereocenters. The highest BCUT2D eigenvalue weighted by molar-refractivity contribution is 7.92. The Morgan fingerprint density at radius 3 is 2.28 bits per heavy atom. The zero-order valence-electron chi connectivity index (χ0n) is 35.2. The van der Waals surface area contributed by atoms with Crippen LogP contribution in [0.5, 0.6) is 23.0 Å². The zero-order chi connectivity index (χ0) is 43.4. The van der Waals surface area contributed by atoms with Gasteiger partial charge in [0.15, 0.2) is 5.75 Å². The summed E-state index contributed by atoms with van der Waals surface area (Å²) >= 11 is 0. The van der Waals surface area contributed by atoms with Crippen molar-refractivity contribution in [2.45, 2.75) is 52.2 Å². The second kappa shape index (κ2) is 18.0. The van der Waals surface area contributed by atoms with E-state index < -0.39 is 21.5 Å². The Balaban J connectivity index is 1.24. The summed E-state index contributed by atoms with van der Waals surface area (Å²) in [7, 11) is -0.805. The molecule has 16 heteroatoms. The van der Waals surface area contributed by atoms with Crippen LogP contribution in [-0.2, 0) is 20.2 Å². The SMILES string of the molecule is COc1cc(Nc2cc(Oc3ccc(N(C(N)=O)c4cc(C(C)(C)C)cc(NS(C)(=O)=O)c4OC)c4ccccc34)ccn2)ccc1C(=O)NCCN1C[C@@H](C)O[C@@H](C)C1. The van der Waals surface area contributed by atoms with Crippen molar-refractivity contribution >= 4 is 61.3 Å². The van der Waals surface area contributed by atoms with Gasteiger partial charge in [0.2, 0.25) is 10.0 Å². The maximum absolute atomic E-state index is 13.4. The van der Waals surface area contributed by atoms with Gasteiger partial charge < -0.3 is 35.3 Å². The zero-order valence-corrected chi connectivity index (χ0v) is 36.0. The molecule has 1 aromatic heterocycles. The number of ether oxygens (including phenoxy) is 4. The molecular weight excluding hydrogens is 787 g/mol. The van der Waals surface area contributed by atoms with Gasteiger partial charge in [0.25, 0.3) is 5.91 Å². The number of pyridine rings is 1. The second-order valence-electron chi connectivity index (χ2n) is 15.8. The number of methoxy groups -OCH3 is 2. The molecule has 6 rings (SSSR count). The fourth-order valence-corrected chi connectivity index (χ4v) is 7.82. The largest absolute Gasteiger partial charge is 0.496 e. The number of primary amides is 1. The van der Waals surface area contributed by atoms with E-state index >= 15 is 0 Å². The molecule has 2 heterocycles. The monoisotopic (exact) mass is 839 g/mol. The Morgan fingerprint density at radius 2 is 1.63 bits per heavy atom. The van der Waals surface area contributed by atoms with Gasteiger partial charge in [-0.25, -0.2) is 18.2 Å². The lowest BCUT2D eigenvalue weighted by molar-refractivity contribution is -0.0672. The number of nitrogens with zero attached hydrogens (tertiary/aromatic N) is 3. The van der Waals surface area contributed by atoms with Gasteiger partial charge in [-0.2, -0.15) is 0 Å². The van der Waals surface area contributed by atoms with E-state index in [1.807, 2.05) is 45.0 Å². The summed E-state index contributed by atoms with van der Waals surface area (Å²) in [5, 5.41) is 7.57. The first-order chi connectivity index (χ1) is 28.4. The lowest BCUT2D eigenvalue weighted by atomic mass is 9.86. The Bertz CT molecular complexity index is 2480. The Kier molecular flexibility index (Phi) is 13.1. The van der Waals surface area contributed by atoms with Gasteiger partial charge in [-0.1, -0.05) is 45.0 Å². The summed E-state index contributed by atoms with van der Waals surface area (Å²) in [5.41, 5.74) is 8.30. The summed E-state index contributed by atoms with van der Waals surface area (Å²) in [6.45, 7) is 12.9. The van der Waals surface area contributed by atoms with E-state index in [0.29, 0.717) is 57.3 Å². The molecule has 1 aliphatic heterocycles. The number of hydrogen-bond acceptors (Lipinski definition) is 11. The van der Waals surface area contributed by atoms with E-state index in [-0.39, 0.29) is 35.2 Å². The fourth-order valence-electron chi connectivity index (χ4n) is 7.27. The topological polar surface area (TPSA) is 187 Å². The standard InChI is InChI=1S/C44H53N7O8S/c1-27-25-50(26-28(2)58-27)20-19-47-42(52)34-14-13-30(23-39(34)56-6)48-40-24-31(17-18-46-40)59-38-16-15-36(32-11-9-10-12-33(32)38)51(43(45)53)37-22-29(44(3,4)5)21-35(41(37)57-7)49-60(8,54)55/h9-18,21-24,27-28,49H,19-20,25-26H2,1-8H3,(H2,45,53)(H,46,48)(H,47,52)/t27-,28+. The van der Waals surface area contributed by atoms with Gasteiger partial charge in [0.1, 0.15) is 23.1 Å². The third-order valence-corrected chi connectivity index (χ3v) is 10.5. The molecule has 4 aromatic carbocycles. The van der Waals surface area contributed by atoms with Gasteiger partial charge in [0.05, 0.1) is 55.3 Å². The third kappa shape index (κ3) is 10.4. The number of fused-ring (bicyclic) bond motifs is 1. The number of urea groups is 1. The predicted molar refractivity (Wildman–Crippen MR) is 235 cm³/mol. The molecule has 0 spiro atoms. The number of amides is 3. The van der Waals surface area contributed by atoms with Gasteiger partial charge in [-0.15, -0.1) is 0 Å². The van der Waals surface area contributed by atoms with Crippen LogP contribution in [-0.4, -0.2) is 89.1 Å². The van der Waals surface area contributed by atoms with Crippen LogP contribution in [0.25, 0.3) is 10.8 Å². The Hall–Kier alpha value is -6.10.